The first-order chi connectivity index (χ1) is 8.24. The molecule has 0 N–H and O–H groups in total. The van der Waals surface area contributed by atoms with Gasteiger partial charge in [-0.05, 0) is 17.0 Å². The van der Waals surface area contributed by atoms with E-state index in [4.69, 9.17) is 4.74 Å². The Kier molecular flexibility index (Phi) is 3.48. The molecule has 88 valence electrons. The highest BCUT2D eigenvalue weighted by atomic mass is 16.5. The summed E-state index contributed by atoms with van der Waals surface area (Å²) in [5, 5.41) is 0. The predicted octanol–water partition coefficient (Wildman–Crippen LogP) is 4.49. The van der Waals surface area contributed by atoms with Crippen LogP contribution in [-0.2, 0) is 0 Å². The molecule has 0 spiro atoms. The Morgan fingerprint density at radius 3 is 2.18 bits per heavy atom. The molecule has 0 heterocycles. The Bertz CT molecular complexity index is 486. The maximum atomic E-state index is 5.59. The van der Waals surface area contributed by atoms with Gasteiger partial charge >= 0.3 is 0 Å². The minimum atomic E-state index is 0.466. The normalized spacial score (nSPS) is 10.6. The van der Waals surface area contributed by atoms with Crippen LogP contribution < -0.4 is 4.74 Å². The largest absolute Gasteiger partial charge is 0.496 e. The van der Waals surface area contributed by atoms with Gasteiger partial charge in [0.2, 0.25) is 0 Å². The van der Waals surface area contributed by atoms with Crippen LogP contribution in [-0.4, -0.2) is 7.11 Å². The molecule has 0 aliphatic rings. The SMILES string of the molecule is COc1c(-c2ccccc2)cccc1C(C)C. The van der Waals surface area contributed by atoms with Gasteiger partial charge in [-0.25, -0.2) is 0 Å². The number of hydrogen-bond donors (Lipinski definition) is 0. The third-order valence-electron chi connectivity index (χ3n) is 2.96. The van der Waals surface area contributed by atoms with Gasteiger partial charge in [0.15, 0.2) is 0 Å². The second-order valence-corrected chi connectivity index (χ2v) is 4.45. The van der Waals surface area contributed by atoms with E-state index in [9.17, 15) is 0 Å². The van der Waals surface area contributed by atoms with E-state index in [1.165, 1.54) is 16.7 Å². The second-order valence-electron chi connectivity index (χ2n) is 4.45. The molecule has 1 nitrogen and oxygen atoms in total. The van der Waals surface area contributed by atoms with E-state index >= 15 is 0 Å². The van der Waals surface area contributed by atoms with Crippen molar-refractivity contribution < 1.29 is 4.74 Å². The van der Waals surface area contributed by atoms with Crippen LogP contribution in [0.5, 0.6) is 5.75 Å². The van der Waals surface area contributed by atoms with Crippen molar-refractivity contribution in [3.8, 4) is 16.9 Å². The second kappa shape index (κ2) is 5.05. The lowest BCUT2D eigenvalue weighted by Crippen LogP contribution is -1.96. The molecule has 17 heavy (non-hydrogen) atoms. The van der Waals surface area contributed by atoms with Crippen molar-refractivity contribution in [1.82, 2.24) is 0 Å². The summed E-state index contributed by atoms with van der Waals surface area (Å²) in [7, 11) is 1.74. The van der Waals surface area contributed by atoms with Gasteiger partial charge in [0, 0.05) is 5.56 Å². The van der Waals surface area contributed by atoms with Crippen LogP contribution >= 0.6 is 0 Å². The summed E-state index contributed by atoms with van der Waals surface area (Å²) < 4.78 is 5.59. The molecule has 0 amide bonds. The van der Waals surface area contributed by atoms with Crippen molar-refractivity contribution in [2.75, 3.05) is 7.11 Å². The molecule has 1 heteroatoms. The number of hydrogen-bond acceptors (Lipinski definition) is 1. The number of benzene rings is 2. The lowest BCUT2D eigenvalue weighted by molar-refractivity contribution is 0.409. The van der Waals surface area contributed by atoms with E-state index in [2.05, 4.69) is 56.3 Å². The van der Waals surface area contributed by atoms with Gasteiger partial charge in [-0.1, -0.05) is 62.4 Å². The zero-order chi connectivity index (χ0) is 12.3. The summed E-state index contributed by atoms with van der Waals surface area (Å²) in [5.41, 5.74) is 3.63. The lowest BCUT2D eigenvalue weighted by atomic mass is 9.95. The van der Waals surface area contributed by atoms with Crippen molar-refractivity contribution in [2.24, 2.45) is 0 Å². The van der Waals surface area contributed by atoms with Gasteiger partial charge in [-0.15, -0.1) is 0 Å². The molecular formula is C16H18O. The third-order valence-corrected chi connectivity index (χ3v) is 2.96. The number of ether oxygens (including phenoxy) is 1. The summed E-state index contributed by atoms with van der Waals surface area (Å²) in [6, 6.07) is 16.7. The van der Waals surface area contributed by atoms with E-state index in [-0.39, 0.29) is 0 Å². The zero-order valence-electron chi connectivity index (χ0n) is 10.6. The van der Waals surface area contributed by atoms with Crippen LogP contribution in [0.1, 0.15) is 25.3 Å². The van der Waals surface area contributed by atoms with E-state index in [0.29, 0.717) is 5.92 Å². The van der Waals surface area contributed by atoms with Crippen molar-refractivity contribution in [3.05, 3.63) is 54.1 Å². The fourth-order valence-electron chi connectivity index (χ4n) is 2.08. The summed E-state index contributed by atoms with van der Waals surface area (Å²) in [6.45, 7) is 4.37. The number of methoxy groups -OCH3 is 1. The van der Waals surface area contributed by atoms with Crippen molar-refractivity contribution in [1.29, 1.82) is 0 Å². The molecule has 0 saturated heterocycles. The van der Waals surface area contributed by atoms with Crippen LogP contribution in [0.4, 0.5) is 0 Å². The van der Waals surface area contributed by atoms with Gasteiger partial charge < -0.3 is 4.74 Å². The molecule has 0 radical (unpaired) electrons. The highest BCUT2D eigenvalue weighted by molar-refractivity contribution is 5.72. The Balaban J connectivity index is 2.59. The van der Waals surface area contributed by atoms with Gasteiger partial charge in [-0.2, -0.15) is 0 Å². The van der Waals surface area contributed by atoms with Gasteiger partial charge in [0.05, 0.1) is 7.11 Å². The molecule has 0 aliphatic carbocycles. The molecule has 0 aromatic heterocycles. The first kappa shape index (κ1) is 11.7. The van der Waals surface area contributed by atoms with Gasteiger partial charge in [-0.3, -0.25) is 0 Å². The minimum Gasteiger partial charge on any atom is -0.496 e. The lowest BCUT2D eigenvalue weighted by Gasteiger charge is -2.16. The van der Waals surface area contributed by atoms with Crippen LogP contribution in [0, 0.1) is 0 Å². The highest BCUT2D eigenvalue weighted by Gasteiger charge is 2.12. The van der Waals surface area contributed by atoms with Crippen molar-refractivity contribution in [2.45, 2.75) is 19.8 Å². The number of para-hydroxylation sites is 1. The maximum Gasteiger partial charge on any atom is 0.130 e. The Hall–Kier alpha value is -1.76. The Morgan fingerprint density at radius 2 is 1.59 bits per heavy atom. The van der Waals surface area contributed by atoms with Crippen molar-refractivity contribution >= 4 is 0 Å². The predicted molar refractivity (Wildman–Crippen MR) is 72.5 cm³/mol. The van der Waals surface area contributed by atoms with Crippen LogP contribution in [0.15, 0.2) is 48.5 Å². The maximum absolute atomic E-state index is 5.59. The van der Waals surface area contributed by atoms with Crippen LogP contribution in [0.2, 0.25) is 0 Å². The topological polar surface area (TPSA) is 9.23 Å². The average molecular weight is 226 g/mol. The molecule has 2 aromatic carbocycles. The molecule has 2 rings (SSSR count). The van der Waals surface area contributed by atoms with Gasteiger partial charge in [0.25, 0.3) is 0 Å². The fourth-order valence-corrected chi connectivity index (χ4v) is 2.08. The first-order valence-electron chi connectivity index (χ1n) is 5.96. The molecule has 2 aromatic rings. The molecule has 0 unspecified atom stereocenters. The number of rotatable bonds is 3. The summed E-state index contributed by atoms with van der Waals surface area (Å²) in [4.78, 5) is 0. The standard InChI is InChI=1S/C16H18O/c1-12(2)14-10-7-11-15(16(14)17-3)13-8-5-4-6-9-13/h4-12H,1-3H3. The van der Waals surface area contributed by atoms with E-state index in [0.717, 1.165) is 5.75 Å². The molecule has 0 aliphatic heterocycles. The molecule has 0 atom stereocenters. The molecule has 0 bridgehead atoms. The molecule has 0 saturated carbocycles. The monoisotopic (exact) mass is 226 g/mol. The minimum absolute atomic E-state index is 0.466. The van der Waals surface area contributed by atoms with Crippen LogP contribution in [0.25, 0.3) is 11.1 Å². The van der Waals surface area contributed by atoms with Gasteiger partial charge in [0.1, 0.15) is 5.75 Å². The smallest absolute Gasteiger partial charge is 0.130 e. The zero-order valence-corrected chi connectivity index (χ0v) is 10.6. The highest BCUT2D eigenvalue weighted by Crippen LogP contribution is 2.36. The average Bonchev–Trinajstić information content (AvgIpc) is 2.38. The summed E-state index contributed by atoms with van der Waals surface area (Å²) in [5.74, 6) is 1.46. The van der Waals surface area contributed by atoms with Crippen molar-refractivity contribution in [3.63, 3.8) is 0 Å². The summed E-state index contributed by atoms with van der Waals surface area (Å²) in [6.07, 6.45) is 0. The van der Waals surface area contributed by atoms with Crippen LogP contribution in [0.3, 0.4) is 0 Å². The third kappa shape index (κ3) is 2.33. The van der Waals surface area contributed by atoms with E-state index in [1.807, 2.05) is 6.07 Å². The molecule has 0 fully saturated rings. The molecular weight excluding hydrogens is 208 g/mol. The fraction of sp³-hybridized carbons (Fsp3) is 0.250. The Labute approximate surface area is 103 Å². The summed E-state index contributed by atoms with van der Waals surface area (Å²) >= 11 is 0. The van der Waals surface area contributed by atoms with E-state index < -0.39 is 0 Å². The van der Waals surface area contributed by atoms with E-state index in [1.54, 1.807) is 7.11 Å². The quantitative estimate of drug-likeness (QED) is 0.749. The Morgan fingerprint density at radius 1 is 0.882 bits per heavy atom. The first-order valence-corrected chi connectivity index (χ1v) is 5.96.